The molecule has 0 saturated heterocycles. The average Bonchev–Trinajstić information content (AvgIpc) is 2.69. The van der Waals surface area contributed by atoms with E-state index in [2.05, 4.69) is 20.7 Å². The molecule has 32 heavy (non-hydrogen) atoms. The minimum absolute atomic E-state index is 0.0931. The summed E-state index contributed by atoms with van der Waals surface area (Å²) in [6.45, 7) is 8.69. The number of nitrogens with one attached hydrogen (secondary N) is 3. The third kappa shape index (κ3) is 10.8. The Bertz CT molecular complexity index is 774. The lowest BCUT2D eigenvalue weighted by molar-refractivity contribution is -0.141. The van der Waals surface area contributed by atoms with Crippen LogP contribution in [-0.2, 0) is 30.3 Å². The van der Waals surface area contributed by atoms with E-state index in [1.807, 2.05) is 44.2 Å². The van der Waals surface area contributed by atoms with E-state index in [9.17, 15) is 19.2 Å². The number of carbonyl (C=O) groups excluding carboxylic acids is 4. The summed E-state index contributed by atoms with van der Waals surface area (Å²) in [5.74, 6) is -1.54. The van der Waals surface area contributed by atoms with Gasteiger partial charge in [-0.3, -0.25) is 14.4 Å². The van der Waals surface area contributed by atoms with E-state index in [4.69, 9.17) is 4.74 Å². The minimum Gasteiger partial charge on any atom is -0.468 e. The molecule has 0 aliphatic rings. The minimum atomic E-state index is -0.963. The summed E-state index contributed by atoms with van der Waals surface area (Å²) in [6, 6.07) is 7.35. The van der Waals surface area contributed by atoms with Gasteiger partial charge in [-0.05, 0) is 38.7 Å². The number of hydrogen-bond acceptors (Lipinski definition) is 6. The van der Waals surface area contributed by atoms with Crippen molar-refractivity contribution >= 4 is 23.9 Å². The maximum Gasteiger partial charge on any atom is 0.408 e. The summed E-state index contributed by atoms with van der Waals surface area (Å²) in [5, 5.41) is 7.77. The molecular weight excluding hydrogens is 414 g/mol. The first-order valence-corrected chi connectivity index (χ1v) is 10.6. The molecule has 178 valence electrons. The standard InChI is InChI=1S/C23H35N3O6/c1-15(2)12-17(20(28)24-14-19(27)31-6)25-21(29)18(13-16-10-8-7-9-11-16)26-22(30)32-23(3,4)5/h7-11,15,17-18H,12-14H2,1-6H3,(H,24,28)(H,25,29)(H,26,30)/t17-,18+/m0/s1. The highest BCUT2D eigenvalue weighted by molar-refractivity contribution is 5.92. The molecule has 2 atom stereocenters. The van der Waals surface area contributed by atoms with Crippen LogP contribution in [0, 0.1) is 5.92 Å². The fourth-order valence-electron chi connectivity index (χ4n) is 2.84. The number of alkyl carbamates (subject to hydrolysis) is 1. The number of ether oxygens (including phenoxy) is 2. The van der Waals surface area contributed by atoms with E-state index in [0.717, 1.165) is 5.56 Å². The van der Waals surface area contributed by atoms with Crippen LogP contribution in [0.25, 0.3) is 0 Å². The van der Waals surface area contributed by atoms with Gasteiger partial charge in [0, 0.05) is 6.42 Å². The van der Waals surface area contributed by atoms with Crippen LogP contribution < -0.4 is 16.0 Å². The molecule has 3 N–H and O–H groups in total. The van der Waals surface area contributed by atoms with Crippen molar-refractivity contribution in [1.29, 1.82) is 0 Å². The Kier molecular flexibility index (Phi) is 10.7. The Morgan fingerprint density at radius 2 is 1.56 bits per heavy atom. The number of hydrogen-bond donors (Lipinski definition) is 3. The van der Waals surface area contributed by atoms with E-state index in [1.165, 1.54) is 7.11 Å². The van der Waals surface area contributed by atoms with Crippen LogP contribution in [0.4, 0.5) is 4.79 Å². The summed E-state index contributed by atoms with van der Waals surface area (Å²) in [7, 11) is 1.22. The molecule has 1 aromatic carbocycles. The predicted octanol–water partition coefficient (Wildman–Crippen LogP) is 1.94. The molecule has 0 aliphatic heterocycles. The Morgan fingerprint density at radius 1 is 0.938 bits per heavy atom. The van der Waals surface area contributed by atoms with E-state index in [-0.39, 0.29) is 18.9 Å². The van der Waals surface area contributed by atoms with Gasteiger partial charge in [0.05, 0.1) is 7.11 Å². The Hall–Kier alpha value is -3.10. The molecule has 0 aromatic heterocycles. The molecule has 1 aromatic rings. The number of rotatable bonds is 10. The van der Waals surface area contributed by atoms with Gasteiger partial charge in [0.25, 0.3) is 0 Å². The van der Waals surface area contributed by atoms with Crippen LogP contribution in [0.15, 0.2) is 30.3 Å². The van der Waals surface area contributed by atoms with E-state index >= 15 is 0 Å². The second kappa shape index (κ2) is 12.7. The summed E-state index contributed by atoms with van der Waals surface area (Å²) < 4.78 is 9.82. The fraction of sp³-hybridized carbons (Fsp3) is 0.565. The molecule has 1 rings (SSSR count). The molecule has 0 radical (unpaired) electrons. The third-order valence-electron chi connectivity index (χ3n) is 4.26. The fourth-order valence-corrected chi connectivity index (χ4v) is 2.84. The number of carbonyl (C=O) groups is 4. The van der Waals surface area contributed by atoms with Crippen LogP contribution >= 0.6 is 0 Å². The van der Waals surface area contributed by atoms with Crippen molar-refractivity contribution in [3.05, 3.63) is 35.9 Å². The SMILES string of the molecule is COC(=O)CNC(=O)[C@H](CC(C)C)NC(=O)[C@@H](Cc1ccccc1)NC(=O)OC(C)(C)C. The summed E-state index contributed by atoms with van der Waals surface area (Å²) in [5.41, 5.74) is 0.102. The predicted molar refractivity (Wildman–Crippen MR) is 120 cm³/mol. The van der Waals surface area contributed by atoms with Crippen molar-refractivity contribution in [3.8, 4) is 0 Å². The van der Waals surface area contributed by atoms with Crippen molar-refractivity contribution in [2.45, 2.75) is 65.1 Å². The zero-order valence-corrected chi connectivity index (χ0v) is 19.7. The molecule has 0 unspecified atom stereocenters. The van der Waals surface area contributed by atoms with Gasteiger partial charge in [-0.1, -0.05) is 44.2 Å². The lowest BCUT2D eigenvalue weighted by atomic mass is 10.0. The number of esters is 1. The van der Waals surface area contributed by atoms with Crippen molar-refractivity contribution in [3.63, 3.8) is 0 Å². The largest absolute Gasteiger partial charge is 0.468 e. The van der Waals surface area contributed by atoms with Gasteiger partial charge in [0.2, 0.25) is 11.8 Å². The van der Waals surface area contributed by atoms with E-state index in [1.54, 1.807) is 20.8 Å². The normalized spacial score (nSPS) is 13.0. The van der Waals surface area contributed by atoms with Gasteiger partial charge in [-0.2, -0.15) is 0 Å². The Balaban J connectivity index is 2.98. The second-order valence-corrected chi connectivity index (χ2v) is 8.87. The highest BCUT2D eigenvalue weighted by atomic mass is 16.6. The zero-order chi connectivity index (χ0) is 24.3. The van der Waals surface area contributed by atoms with Crippen LogP contribution in [0.5, 0.6) is 0 Å². The van der Waals surface area contributed by atoms with Crippen LogP contribution in [0.1, 0.15) is 46.6 Å². The molecule has 9 heteroatoms. The number of amides is 3. The zero-order valence-electron chi connectivity index (χ0n) is 19.7. The monoisotopic (exact) mass is 449 g/mol. The summed E-state index contributed by atoms with van der Waals surface area (Å²) >= 11 is 0. The van der Waals surface area contributed by atoms with Gasteiger partial charge >= 0.3 is 12.1 Å². The molecular formula is C23H35N3O6. The van der Waals surface area contributed by atoms with Gasteiger partial charge in [-0.15, -0.1) is 0 Å². The van der Waals surface area contributed by atoms with Crippen molar-refractivity contribution in [2.75, 3.05) is 13.7 Å². The second-order valence-electron chi connectivity index (χ2n) is 8.87. The number of benzene rings is 1. The van der Waals surface area contributed by atoms with Crippen molar-refractivity contribution in [1.82, 2.24) is 16.0 Å². The quantitative estimate of drug-likeness (QED) is 0.469. The van der Waals surface area contributed by atoms with E-state index < -0.39 is 41.6 Å². The summed E-state index contributed by atoms with van der Waals surface area (Å²) in [4.78, 5) is 49.3. The first-order valence-electron chi connectivity index (χ1n) is 10.6. The van der Waals surface area contributed by atoms with Gasteiger partial charge < -0.3 is 25.4 Å². The Morgan fingerprint density at radius 3 is 2.09 bits per heavy atom. The summed E-state index contributed by atoms with van der Waals surface area (Å²) in [6.07, 6.45) is -0.169. The molecule has 0 heterocycles. The molecule has 0 spiro atoms. The van der Waals surface area contributed by atoms with Gasteiger partial charge in [0.15, 0.2) is 0 Å². The lowest BCUT2D eigenvalue weighted by Gasteiger charge is -2.26. The maximum atomic E-state index is 13.1. The van der Waals surface area contributed by atoms with Crippen molar-refractivity contribution < 1.29 is 28.7 Å². The topological polar surface area (TPSA) is 123 Å². The van der Waals surface area contributed by atoms with Crippen LogP contribution in [0.3, 0.4) is 0 Å². The van der Waals surface area contributed by atoms with E-state index in [0.29, 0.717) is 6.42 Å². The molecule has 9 nitrogen and oxygen atoms in total. The smallest absolute Gasteiger partial charge is 0.408 e. The first kappa shape index (κ1) is 26.9. The lowest BCUT2D eigenvalue weighted by Crippen LogP contribution is -2.55. The van der Waals surface area contributed by atoms with Crippen LogP contribution in [0.2, 0.25) is 0 Å². The van der Waals surface area contributed by atoms with Gasteiger partial charge in [0.1, 0.15) is 24.2 Å². The molecule has 0 fully saturated rings. The van der Waals surface area contributed by atoms with Gasteiger partial charge in [-0.25, -0.2) is 4.79 Å². The average molecular weight is 450 g/mol. The molecule has 0 aliphatic carbocycles. The maximum absolute atomic E-state index is 13.1. The first-order chi connectivity index (χ1) is 14.9. The third-order valence-corrected chi connectivity index (χ3v) is 4.26. The molecule has 3 amide bonds. The van der Waals surface area contributed by atoms with Crippen molar-refractivity contribution in [2.24, 2.45) is 5.92 Å². The molecule has 0 saturated carbocycles. The highest BCUT2D eigenvalue weighted by Gasteiger charge is 2.29. The number of methoxy groups -OCH3 is 1. The highest BCUT2D eigenvalue weighted by Crippen LogP contribution is 2.10. The Labute approximate surface area is 189 Å². The van der Waals surface area contributed by atoms with Crippen LogP contribution in [-0.4, -0.2) is 55.2 Å². The molecule has 0 bridgehead atoms.